The van der Waals surface area contributed by atoms with Crippen molar-refractivity contribution in [3.05, 3.63) is 314 Å². The summed E-state index contributed by atoms with van der Waals surface area (Å²) in [6.45, 7) is 20.7. The van der Waals surface area contributed by atoms with E-state index in [4.69, 9.17) is 0 Å². The van der Waals surface area contributed by atoms with Gasteiger partial charge in [0.2, 0.25) is 0 Å². The van der Waals surface area contributed by atoms with Crippen LogP contribution in [0, 0.1) is 0 Å². The Morgan fingerprint density at radius 1 is 0.266 bits per heavy atom. The van der Waals surface area contributed by atoms with Gasteiger partial charge < -0.3 is 14.4 Å². The first-order chi connectivity index (χ1) is 45.5. The molecule has 0 unspecified atom stereocenters. The van der Waals surface area contributed by atoms with E-state index < -0.39 is 0 Å². The number of nitrogens with zero attached hydrogens (tertiary/aromatic N) is 3. The lowest BCUT2D eigenvalue weighted by Gasteiger charge is -2.46. The fourth-order valence-electron chi connectivity index (χ4n) is 15.0. The Morgan fingerprint density at radius 2 is 0.638 bits per heavy atom. The lowest BCUT2D eigenvalue weighted by Crippen LogP contribution is -2.61. The third-order valence-corrected chi connectivity index (χ3v) is 19.8. The van der Waals surface area contributed by atoms with E-state index >= 15 is 0 Å². The van der Waals surface area contributed by atoms with E-state index in [1.165, 1.54) is 71.7 Å². The number of fused-ring (bicyclic) bond motifs is 7. The molecule has 3 heterocycles. The highest BCUT2D eigenvalue weighted by Gasteiger charge is 2.46. The summed E-state index contributed by atoms with van der Waals surface area (Å²) in [6.07, 6.45) is 0. The maximum absolute atomic E-state index is 2.72. The molecule has 94 heavy (non-hydrogen) atoms. The third-order valence-electron chi connectivity index (χ3n) is 19.8. The Bertz CT molecular complexity index is 5200. The van der Waals surface area contributed by atoms with E-state index in [0.717, 1.165) is 89.8 Å². The molecule has 2 aliphatic heterocycles. The molecule has 0 fully saturated rings. The number of para-hydroxylation sites is 3. The van der Waals surface area contributed by atoms with E-state index in [0.29, 0.717) is 0 Å². The topological polar surface area (TPSA) is 11.4 Å². The molecule has 0 aliphatic carbocycles. The van der Waals surface area contributed by atoms with Crippen molar-refractivity contribution >= 4 is 79.0 Å². The van der Waals surface area contributed by atoms with Crippen molar-refractivity contribution in [2.75, 3.05) is 9.80 Å². The molecule has 0 radical (unpaired) electrons. The highest BCUT2D eigenvalue weighted by atomic mass is 15.2. The lowest BCUT2D eigenvalue weighted by atomic mass is 9.33. The monoisotopic (exact) mass is 1210 g/mol. The van der Waals surface area contributed by atoms with E-state index in [2.05, 4.69) is 374 Å². The van der Waals surface area contributed by atoms with Crippen LogP contribution in [-0.4, -0.2) is 11.3 Å². The fraction of sp³-hybridized carbons (Fsp3) is 0.133. The predicted molar refractivity (Wildman–Crippen MR) is 404 cm³/mol. The van der Waals surface area contributed by atoms with E-state index in [-0.39, 0.29) is 23.0 Å². The zero-order chi connectivity index (χ0) is 64.2. The van der Waals surface area contributed by atoms with Gasteiger partial charge >= 0.3 is 0 Å². The molecule has 0 spiro atoms. The summed E-state index contributed by atoms with van der Waals surface area (Å²) in [4.78, 5) is 5.42. The minimum atomic E-state index is -0.198. The highest BCUT2D eigenvalue weighted by Crippen LogP contribution is 2.55. The van der Waals surface area contributed by atoms with Gasteiger partial charge in [-0.15, -0.1) is 0 Å². The number of benzene rings is 13. The quantitative estimate of drug-likeness (QED) is 0.133. The third kappa shape index (κ3) is 9.98. The minimum absolute atomic E-state index is 0.0444. The molecular weight excluding hydrogens is 1130 g/mol. The van der Waals surface area contributed by atoms with E-state index in [1.54, 1.807) is 0 Å². The maximum Gasteiger partial charge on any atom is 0.252 e. The molecule has 0 atom stereocenters. The van der Waals surface area contributed by atoms with Crippen molar-refractivity contribution in [3.8, 4) is 72.4 Å². The van der Waals surface area contributed by atoms with Gasteiger partial charge in [0.1, 0.15) is 0 Å². The molecule has 0 amide bonds. The predicted octanol–water partition coefficient (Wildman–Crippen LogP) is 22.8. The molecule has 3 nitrogen and oxygen atoms in total. The van der Waals surface area contributed by atoms with Crippen LogP contribution < -0.4 is 26.2 Å². The molecule has 16 rings (SSSR count). The maximum atomic E-state index is 2.72. The summed E-state index contributed by atoms with van der Waals surface area (Å²) in [5.41, 5.74) is 31.7. The first-order valence-corrected chi connectivity index (χ1v) is 33.3. The SMILES string of the molecule is CC(C)(C)c1cccc(-c2ccc3c(c2)N(c2c(-c4ccccc4)cccc2-c2ccccc2)c2cc(-c4cccc(C(C)(C)C)c4)cc4c2B3c2ccc(-c3cccc(C(C)(C)C)c3)cc2N4c2c(-c3ccccc3)ccc3c2c2ccccc2n3-c2ccccc2)c1. The summed E-state index contributed by atoms with van der Waals surface area (Å²) >= 11 is 0. The van der Waals surface area contributed by atoms with Crippen LogP contribution >= 0.6 is 0 Å². The van der Waals surface area contributed by atoms with Crippen molar-refractivity contribution in [2.24, 2.45) is 0 Å². The zero-order valence-corrected chi connectivity index (χ0v) is 55.2. The zero-order valence-electron chi connectivity index (χ0n) is 55.2. The van der Waals surface area contributed by atoms with Crippen molar-refractivity contribution in [1.29, 1.82) is 0 Å². The normalized spacial score (nSPS) is 12.9. The first-order valence-electron chi connectivity index (χ1n) is 33.3. The molecule has 454 valence electrons. The molecule has 0 saturated heterocycles. The van der Waals surface area contributed by atoms with Gasteiger partial charge in [-0.2, -0.15) is 0 Å². The van der Waals surface area contributed by atoms with Gasteiger partial charge in [-0.05, 0) is 148 Å². The molecule has 14 aromatic rings. The van der Waals surface area contributed by atoms with Crippen LogP contribution in [0.5, 0.6) is 0 Å². The molecule has 0 N–H and O–H groups in total. The fourth-order valence-corrected chi connectivity index (χ4v) is 15.0. The molecule has 0 bridgehead atoms. The summed E-state index contributed by atoms with van der Waals surface area (Å²) in [5.74, 6) is 0. The second-order valence-corrected chi connectivity index (χ2v) is 28.9. The number of aromatic nitrogens is 1. The van der Waals surface area contributed by atoms with Crippen molar-refractivity contribution in [1.82, 2.24) is 4.57 Å². The Hall–Kier alpha value is -10.7. The number of anilines is 6. The summed E-state index contributed by atoms with van der Waals surface area (Å²) in [7, 11) is 0. The number of hydrogen-bond acceptors (Lipinski definition) is 2. The largest absolute Gasteiger partial charge is 0.310 e. The molecule has 13 aromatic carbocycles. The van der Waals surface area contributed by atoms with Gasteiger partial charge in [-0.3, -0.25) is 0 Å². The molecule has 2 aliphatic rings. The van der Waals surface area contributed by atoms with Gasteiger partial charge in [0, 0.05) is 55.9 Å². The molecular formula is C90H76BN3. The van der Waals surface area contributed by atoms with Gasteiger partial charge in [-0.25, -0.2) is 0 Å². The Kier molecular flexibility index (Phi) is 14.0. The Labute approximate surface area is 555 Å². The summed E-state index contributed by atoms with van der Waals surface area (Å²) in [5, 5.41) is 2.38. The van der Waals surface area contributed by atoms with Gasteiger partial charge in [-0.1, -0.05) is 311 Å². The lowest BCUT2D eigenvalue weighted by molar-refractivity contribution is 0.590. The Morgan fingerprint density at radius 3 is 1.11 bits per heavy atom. The number of rotatable bonds is 9. The van der Waals surface area contributed by atoms with E-state index in [1.807, 2.05) is 0 Å². The van der Waals surface area contributed by atoms with Gasteiger partial charge in [0.25, 0.3) is 6.71 Å². The average molecular weight is 1210 g/mol. The highest BCUT2D eigenvalue weighted by molar-refractivity contribution is 7.00. The molecule has 1 aromatic heterocycles. The Balaban J connectivity index is 1.11. The van der Waals surface area contributed by atoms with Crippen LogP contribution in [0.25, 0.3) is 94.3 Å². The van der Waals surface area contributed by atoms with Crippen molar-refractivity contribution in [2.45, 2.75) is 78.6 Å². The van der Waals surface area contributed by atoms with Crippen LogP contribution in [0.4, 0.5) is 34.1 Å². The molecule has 4 heteroatoms. The van der Waals surface area contributed by atoms with E-state index in [9.17, 15) is 0 Å². The standard InChI is InChI=1S/C90H76BN3/c1-88(2,3)68-37-24-34-62(52-68)65-46-49-76-80(55-65)93(86-72(59-28-14-10-15-29-59)43-27-44-73(86)60-30-16-11-17-31-60)82-57-67(64-36-26-39-70(54-64)90(7,8)9)58-83-85(82)91(76)77-50-47-66(63-35-25-38-69(53-63)89(4,5)6)56-81(77)94(83)87-74(61-32-18-12-19-33-61)48-51-79-84(87)75-42-22-23-45-78(75)92(79)71-40-20-13-21-41-71/h10-58H,1-9H3. The minimum Gasteiger partial charge on any atom is -0.310 e. The summed E-state index contributed by atoms with van der Waals surface area (Å²) < 4.78 is 2.48. The number of hydrogen-bond donors (Lipinski definition) is 0. The second-order valence-electron chi connectivity index (χ2n) is 28.9. The van der Waals surface area contributed by atoms with Gasteiger partial charge in [0.05, 0.1) is 22.4 Å². The van der Waals surface area contributed by atoms with Crippen LogP contribution in [-0.2, 0) is 16.2 Å². The summed E-state index contributed by atoms with van der Waals surface area (Å²) in [6, 6.07) is 113. The van der Waals surface area contributed by atoms with Crippen LogP contribution in [0.2, 0.25) is 0 Å². The van der Waals surface area contributed by atoms with Crippen LogP contribution in [0.1, 0.15) is 79.0 Å². The van der Waals surface area contributed by atoms with Gasteiger partial charge in [0.15, 0.2) is 0 Å². The van der Waals surface area contributed by atoms with Crippen molar-refractivity contribution < 1.29 is 0 Å². The average Bonchev–Trinajstić information content (AvgIpc) is 1.06. The second kappa shape index (κ2) is 22.6. The van der Waals surface area contributed by atoms with Crippen LogP contribution in [0.15, 0.2) is 297 Å². The first kappa shape index (κ1) is 58.4. The smallest absolute Gasteiger partial charge is 0.252 e. The molecule has 0 saturated carbocycles. The van der Waals surface area contributed by atoms with Crippen molar-refractivity contribution in [3.63, 3.8) is 0 Å². The van der Waals surface area contributed by atoms with Crippen LogP contribution in [0.3, 0.4) is 0 Å².